The predicted molar refractivity (Wildman–Crippen MR) is 123 cm³/mol. The van der Waals surface area contributed by atoms with Gasteiger partial charge < -0.3 is 9.30 Å². The second-order valence-corrected chi connectivity index (χ2v) is 7.80. The molecule has 1 aromatic carbocycles. The Hall–Kier alpha value is -2.96. The first-order valence-corrected chi connectivity index (χ1v) is 10.5. The number of nitrogens with zero attached hydrogens (tertiary/aromatic N) is 5. The van der Waals surface area contributed by atoms with Gasteiger partial charge in [-0.1, -0.05) is 36.4 Å². The van der Waals surface area contributed by atoms with Gasteiger partial charge in [0.2, 0.25) is 5.88 Å². The summed E-state index contributed by atoms with van der Waals surface area (Å²) in [6, 6.07) is 16.6. The first-order chi connectivity index (χ1) is 14.8. The number of halogens is 1. The Morgan fingerprint density at radius 3 is 2.48 bits per heavy atom. The van der Waals surface area contributed by atoms with Crippen molar-refractivity contribution in [1.82, 2.24) is 24.4 Å². The lowest BCUT2D eigenvalue weighted by Gasteiger charge is -2.31. The quantitative estimate of drug-likeness (QED) is 0.451. The van der Waals surface area contributed by atoms with E-state index >= 15 is 0 Å². The number of hydrogen-bond acceptors (Lipinski definition) is 5. The third-order valence-corrected chi connectivity index (χ3v) is 5.66. The van der Waals surface area contributed by atoms with Crippen molar-refractivity contribution in [2.24, 2.45) is 0 Å². The topological polar surface area (TPSA) is 56.1 Å². The molecule has 0 unspecified atom stereocenters. The summed E-state index contributed by atoms with van der Waals surface area (Å²) < 4.78 is 8.48. The van der Waals surface area contributed by atoms with E-state index in [2.05, 4.69) is 67.0 Å². The maximum atomic E-state index is 6.33. The number of likely N-dealkylation sites (tertiary alicyclic amines) is 1. The van der Waals surface area contributed by atoms with Crippen LogP contribution in [0.15, 0.2) is 73.4 Å². The lowest BCUT2D eigenvalue weighted by atomic mass is 10.1. The smallest absolute Gasteiger partial charge is 0.226 e. The zero-order chi connectivity index (χ0) is 20.2. The fourth-order valence-electron chi connectivity index (χ4n) is 4.08. The van der Waals surface area contributed by atoms with Crippen molar-refractivity contribution in [2.75, 3.05) is 13.1 Å². The molecule has 1 aliphatic heterocycles. The zero-order valence-electron chi connectivity index (χ0n) is 17.3. The van der Waals surface area contributed by atoms with E-state index in [0.717, 1.165) is 50.1 Å². The van der Waals surface area contributed by atoms with E-state index in [0.29, 0.717) is 5.88 Å². The molecule has 0 radical (unpaired) electrons. The molecule has 7 heteroatoms. The van der Waals surface area contributed by atoms with Crippen molar-refractivity contribution in [3.8, 4) is 5.88 Å². The molecule has 31 heavy (non-hydrogen) atoms. The van der Waals surface area contributed by atoms with Gasteiger partial charge in [-0.05, 0) is 36.1 Å². The highest BCUT2D eigenvalue weighted by molar-refractivity contribution is 5.85. The number of hydrogen-bond donors (Lipinski definition) is 0. The van der Waals surface area contributed by atoms with Crippen molar-refractivity contribution < 1.29 is 4.74 Å². The largest absolute Gasteiger partial charge is 0.474 e. The third kappa shape index (κ3) is 5.03. The number of aromatic nitrogens is 4. The summed E-state index contributed by atoms with van der Waals surface area (Å²) in [7, 11) is 0. The lowest BCUT2D eigenvalue weighted by Crippen LogP contribution is -2.37. The number of pyridine rings is 1. The van der Waals surface area contributed by atoms with Gasteiger partial charge in [0.1, 0.15) is 18.1 Å². The molecule has 0 amide bonds. The van der Waals surface area contributed by atoms with Crippen molar-refractivity contribution >= 4 is 23.4 Å². The Balaban J connectivity index is 0.00000231. The molecule has 3 aromatic heterocycles. The molecular weight excluding hydrogens is 410 g/mol. The molecule has 4 aromatic rings. The molecule has 0 spiro atoms. The molecule has 0 atom stereocenters. The van der Waals surface area contributed by atoms with E-state index in [1.165, 1.54) is 11.1 Å². The molecule has 6 nitrogen and oxygen atoms in total. The molecule has 0 N–H and O–H groups in total. The predicted octanol–water partition coefficient (Wildman–Crippen LogP) is 4.34. The molecule has 0 saturated carbocycles. The average molecular weight is 436 g/mol. The van der Waals surface area contributed by atoms with Crippen LogP contribution in [-0.2, 0) is 13.1 Å². The summed E-state index contributed by atoms with van der Waals surface area (Å²) in [5.41, 5.74) is 3.42. The summed E-state index contributed by atoms with van der Waals surface area (Å²) in [5.74, 6) is 0.692. The van der Waals surface area contributed by atoms with E-state index < -0.39 is 0 Å². The summed E-state index contributed by atoms with van der Waals surface area (Å²) in [6.45, 7) is 3.76. The van der Waals surface area contributed by atoms with Gasteiger partial charge in [-0.3, -0.25) is 9.88 Å². The first kappa shape index (κ1) is 21.3. The van der Waals surface area contributed by atoms with Crippen LogP contribution >= 0.6 is 12.4 Å². The average Bonchev–Trinajstić information content (AvgIpc) is 3.20. The summed E-state index contributed by atoms with van der Waals surface area (Å²) in [5, 5.41) is 0.978. The summed E-state index contributed by atoms with van der Waals surface area (Å²) >= 11 is 0. The minimum absolute atomic E-state index is 0. The minimum atomic E-state index is 0. The van der Waals surface area contributed by atoms with Gasteiger partial charge in [0.05, 0.1) is 5.39 Å². The first-order valence-electron chi connectivity index (χ1n) is 10.5. The van der Waals surface area contributed by atoms with Crippen LogP contribution in [0.5, 0.6) is 5.88 Å². The number of fused-ring (bicyclic) bond motifs is 1. The molecule has 1 saturated heterocycles. The number of benzene rings is 1. The van der Waals surface area contributed by atoms with Gasteiger partial charge in [-0.15, -0.1) is 12.4 Å². The molecule has 5 rings (SSSR count). The molecule has 0 aliphatic carbocycles. The monoisotopic (exact) mass is 435 g/mol. The normalized spacial score (nSPS) is 15.0. The molecule has 0 bridgehead atoms. The van der Waals surface area contributed by atoms with Crippen molar-refractivity contribution in [1.29, 1.82) is 0 Å². The summed E-state index contributed by atoms with van der Waals surface area (Å²) in [6.07, 6.45) is 9.62. The van der Waals surface area contributed by atoms with Gasteiger partial charge in [0.25, 0.3) is 0 Å². The van der Waals surface area contributed by atoms with E-state index in [-0.39, 0.29) is 18.5 Å². The zero-order valence-corrected chi connectivity index (χ0v) is 18.1. The van der Waals surface area contributed by atoms with Crippen LogP contribution in [-0.4, -0.2) is 43.6 Å². The van der Waals surface area contributed by atoms with Gasteiger partial charge in [0, 0.05) is 44.8 Å². The molecule has 1 fully saturated rings. The van der Waals surface area contributed by atoms with E-state index in [1.54, 1.807) is 6.33 Å². The van der Waals surface area contributed by atoms with Gasteiger partial charge in [-0.2, -0.15) is 0 Å². The van der Waals surface area contributed by atoms with Crippen LogP contribution in [0.3, 0.4) is 0 Å². The highest BCUT2D eigenvalue weighted by Crippen LogP contribution is 2.26. The van der Waals surface area contributed by atoms with Crippen LogP contribution in [0.2, 0.25) is 0 Å². The van der Waals surface area contributed by atoms with Crippen LogP contribution in [0.25, 0.3) is 11.0 Å². The van der Waals surface area contributed by atoms with Gasteiger partial charge in [0.15, 0.2) is 0 Å². The molecule has 4 heterocycles. The lowest BCUT2D eigenvalue weighted by molar-refractivity contribution is 0.0944. The molecule has 1 aliphatic rings. The number of ether oxygens (including phenoxy) is 1. The van der Waals surface area contributed by atoms with Gasteiger partial charge >= 0.3 is 0 Å². The Bertz CT molecular complexity index is 1090. The number of piperidine rings is 1. The summed E-state index contributed by atoms with van der Waals surface area (Å²) in [4.78, 5) is 15.6. The highest BCUT2D eigenvalue weighted by atomic mass is 35.5. The second kappa shape index (κ2) is 9.90. The molecule has 160 valence electrons. The van der Waals surface area contributed by atoms with E-state index in [9.17, 15) is 0 Å². The fraction of sp³-hybridized carbons (Fsp3) is 0.292. The maximum Gasteiger partial charge on any atom is 0.226 e. The van der Waals surface area contributed by atoms with Crippen LogP contribution < -0.4 is 4.74 Å². The molecular formula is C24H26ClN5O. The van der Waals surface area contributed by atoms with Gasteiger partial charge in [-0.25, -0.2) is 9.97 Å². The van der Waals surface area contributed by atoms with Crippen molar-refractivity contribution in [3.05, 3.63) is 84.6 Å². The van der Waals surface area contributed by atoms with Crippen molar-refractivity contribution in [3.63, 3.8) is 0 Å². The second-order valence-electron chi connectivity index (χ2n) is 7.80. The Morgan fingerprint density at radius 1 is 0.903 bits per heavy atom. The minimum Gasteiger partial charge on any atom is -0.474 e. The van der Waals surface area contributed by atoms with E-state index in [4.69, 9.17) is 4.74 Å². The van der Waals surface area contributed by atoms with Crippen LogP contribution in [0.4, 0.5) is 0 Å². The van der Waals surface area contributed by atoms with Crippen molar-refractivity contribution in [2.45, 2.75) is 32.0 Å². The number of rotatable bonds is 6. The SMILES string of the molecule is Cl.c1ccc(Cn2ccc3c(OC4CCN(Cc5cccnc5)CC4)ncnc32)cc1. The third-order valence-electron chi connectivity index (χ3n) is 5.66. The van der Waals surface area contributed by atoms with E-state index in [1.807, 2.05) is 24.5 Å². The Morgan fingerprint density at radius 2 is 1.71 bits per heavy atom. The Labute approximate surface area is 188 Å². The van der Waals surface area contributed by atoms with Crippen LogP contribution in [0, 0.1) is 0 Å². The maximum absolute atomic E-state index is 6.33. The fourth-order valence-corrected chi connectivity index (χ4v) is 4.08. The van der Waals surface area contributed by atoms with Crippen LogP contribution in [0.1, 0.15) is 24.0 Å². The highest BCUT2D eigenvalue weighted by Gasteiger charge is 2.22. The standard InChI is InChI=1S/C24H25N5O.ClH/c1-2-5-19(6-3-1)17-29-14-10-22-23(29)26-18-27-24(22)30-21-8-12-28(13-9-21)16-20-7-4-11-25-15-20;/h1-7,10-11,14-15,18,21H,8-9,12-13,16-17H2;1H. The Kier molecular flexibility index (Phi) is 6.79.